The molecule has 1 aromatic carbocycles. The monoisotopic (exact) mass is 183 g/mol. The molecule has 1 aromatic rings. The van der Waals surface area contributed by atoms with E-state index in [4.69, 9.17) is 0 Å². The number of hydrogen-bond acceptors (Lipinski definition) is 1. The molecule has 0 fully saturated rings. The molecule has 0 aromatic heterocycles. The van der Waals surface area contributed by atoms with Crippen LogP contribution in [-0.4, -0.2) is 11.9 Å². The van der Waals surface area contributed by atoms with Gasteiger partial charge in [0.05, 0.1) is 0 Å². The molecule has 0 saturated carbocycles. The van der Waals surface area contributed by atoms with Gasteiger partial charge in [0.25, 0.3) is 5.91 Å². The summed E-state index contributed by atoms with van der Waals surface area (Å²) in [5.74, 6) is -0.504. The van der Waals surface area contributed by atoms with Crippen molar-refractivity contribution < 1.29 is 10.6 Å². The maximum Gasteiger partial charge on any atom is 0.251 e. The van der Waals surface area contributed by atoms with Crippen LogP contribution in [0.25, 0.3) is 0 Å². The van der Waals surface area contributed by atoms with E-state index < -0.39 is 0 Å². The fourth-order valence-electron chi connectivity index (χ4n) is 0.947. The van der Waals surface area contributed by atoms with E-state index in [9.17, 15) is 9.18 Å². The van der Waals surface area contributed by atoms with Crippen LogP contribution in [0.1, 0.15) is 25.6 Å². The van der Waals surface area contributed by atoms with Gasteiger partial charge in [-0.15, -0.1) is 0 Å². The minimum absolute atomic E-state index is 0. The molecule has 3 heteroatoms. The predicted molar refractivity (Wildman–Crippen MR) is 51.1 cm³/mol. The van der Waals surface area contributed by atoms with Gasteiger partial charge in [0.1, 0.15) is 5.82 Å². The third-order valence-electron chi connectivity index (χ3n) is 1.53. The molecule has 0 spiro atoms. The first-order valence-corrected chi connectivity index (χ1v) is 4.16. The fraction of sp³-hybridized carbons (Fsp3) is 0.300. The van der Waals surface area contributed by atoms with Gasteiger partial charge >= 0.3 is 0 Å². The van der Waals surface area contributed by atoms with Gasteiger partial charge in [-0.3, -0.25) is 4.79 Å². The zero-order chi connectivity index (χ0) is 9.84. The van der Waals surface area contributed by atoms with Crippen LogP contribution >= 0.6 is 0 Å². The quantitative estimate of drug-likeness (QED) is 0.748. The van der Waals surface area contributed by atoms with E-state index in [2.05, 4.69) is 5.32 Å². The van der Waals surface area contributed by atoms with E-state index in [1.165, 1.54) is 24.3 Å². The summed E-state index contributed by atoms with van der Waals surface area (Å²) in [6, 6.07) is 5.57. The van der Waals surface area contributed by atoms with Gasteiger partial charge in [-0.1, -0.05) is 0 Å². The van der Waals surface area contributed by atoms with Crippen molar-refractivity contribution in [2.24, 2.45) is 0 Å². The van der Waals surface area contributed by atoms with Crippen LogP contribution < -0.4 is 5.32 Å². The van der Waals surface area contributed by atoms with Gasteiger partial charge in [0, 0.05) is 13.0 Å². The Morgan fingerprint density at radius 2 is 1.92 bits per heavy atom. The van der Waals surface area contributed by atoms with E-state index in [1.807, 2.05) is 13.8 Å². The lowest BCUT2D eigenvalue weighted by atomic mass is 10.2. The van der Waals surface area contributed by atoms with Crippen molar-refractivity contribution in [3.63, 3.8) is 0 Å². The normalized spacial score (nSPS) is 10.2. The Morgan fingerprint density at radius 3 is 2.38 bits per heavy atom. The van der Waals surface area contributed by atoms with E-state index in [-0.39, 0.29) is 19.2 Å². The molecule has 2 nitrogen and oxygen atoms in total. The summed E-state index contributed by atoms with van der Waals surface area (Å²) >= 11 is 0. The van der Waals surface area contributed by atoms with Crippen molar-refractivity contribution in [1.82, 2.24) is 5.32 Å². The number of amides is 1. The lowest BCUT2D eigenvalue weighted by Gasteiger charge is -2.07. The largest absolute Gasteiger partial charge is 0.350 e. The maximum absolute atomic E-state index is 12.5. The summed E-state index contributed by atoms with van der Waals surface area (Å²) in [6.45, 7) is 3.75. The maximum atomic E-state index is 12.5. The molecule has 0 aliphatic rings. The first kappa shape index (κ1) is 9.71. The Balaban J connectivity index is 0.00000169. The number of benzene rings is 1. The Kier molecular flexibility index (Phi) is 3.01. The number of carbonyl (C=O) groups excluding carboxylic acids is 1. The predicted octanol–water partition coefficient (Wildman–Crippen LogP) is 2.21. The lowest BCUT2D eigenvalue weighted by Crippen LogP contribution is -2.29. The summed E-state index contributed by atoms with van der Waals surface area (Å²) in [6.07, 6.45) is 0. The minimum Gasteiger partial charge on any atom is -0.350 e. The van der Waals surface area contributed by atoms with E-state index in [1.54, 1.807) is 0 Å². The molecule has 0 bridgehead atoms. The van der Waals surface area contributed by atoms with Crippen LogP contribution in [0.5, 0.6) is 0 Å². The molecular formula is C10H14FNO. The van der Waals surface area contributed by atoms with Gasteiger partial charge in [0.2, 0.25) is 0 Å². The molecule has 1 rings (SSSR count). The van der Waals surface area contributed by atoms with E-state index in [0.29, 0.717) is 5.56 Å². The molecule has 1 amide bonds. The number of nitrogens with one attached hydrogen (secondary N) is 1. The lowest BCUT2D eigenvalue weighted by molar-refractivity contribution is 0.0943. The van der Waals surface area contributed by atoms with Gasteiger partial charge in [-0.25, -0.2) is 4.39 Å². The number of hydrogen-bond donors (Lipinski definition) is 1. The van der Waals surface area contributed by atoms with Crippen LogP contribution in [0.15, 0.2) is 24.3 Å². The highest BCUT2D eigenvalue weighted by atomic mass is 19.1. The first-order valence-electron chi connectivity index (χ1n) is 4.16. The topological polar surface area (TPSA) is 29.1 Å². The van der Waals surface area contributed by atoms with Gasteiger partial charge in [-0.05, 0) is 38.1 Å². The van der Waals surface area contributed by atoms with Crippen LogP contribution in [0, 0.1) is 5.82 Å². The second-order valence-electron chi connectivity index (χ2n) is 3.14. The fourth-order valence-corrected chi connectivity index (χ4v) is 0.947. The van der Waals surface area contributed by atoms with Crippen LogP contribution in [-0.2, 0) is 0 Å². The van der Waals surface area contributed by atoms with Crippen molar-refractivity contribution in [1.29, 1.82) is 0 Å². The summed E-state index contributed by atoms with van der Waals surface area (Å²) < 4.78 is 12.5. The highest BCUT2D eigenvalue weighted by Crippen LogP contribution is 2.02. The average Bonchev–Trinajstić information content (AvgIpc) is 2.04. The molecule has 0 aliphatic heterocycles. The standard InChI is InChI=1S/C10H12FNO.H2/c1-7(2)12-10(13)8-3-5-9(11)6-4-8;/h3-7H,1-2H3,(H,12,13);1H. The van der Waals surface area contributed by atoms with Crippen molar-refractivity contribution in [2.45, 2.75) is 19.9 Å². The third kappa shape index (κ3) is 2.86. The highest BCUT2D eigenvalue weighted by molar-refractivity contribution is 5.94. The molecule has 0 heterocycles. The zero-order valence-electron chi connectivity index (χ0n) is 7.67. The van der Waals surface area contributed by atoms with E-state index >= 15 is 0 Å². The first-order chi connectivity index (χ1) is 6.09. The third-order valence-corrected chi connectivity index (χ3v) is 1.53. The minimum atomic E-state index is -0.332. The number of rotatable bonds is 2. The molecule has 0 saturated heterocycles. The molecule has 1 N–H and O–H groups in total. The van der Waals surface area contributed by atoms with Gasteiger partial charge < -0.3 is 5.32 Å². The summed E-state index contributed by atoms with van der Waals surface area (Å²) in [4.78, 5) is 11.3. The Hall–Kier alpha value is -1.38. The number of carbonyl (C=O) groups is 1. The van der Waals surface area contributed by atoms with Crippen LogP contribution in [0.3, 0.4) is 0 Å². The second-order valence-corrected chi connectivity index (χ2v) is 3.14. The Labute approximate surface area is 78.3 Å². The van der Waals surface area contributed by atoms with E-state index in [0.717, 1.165) is 0 Å². The molecule has 72 valence electrons. The van der Waals surface area contributed by atoms with Crippen molar-refractivity contribution in [3.8, 4) is 0 Å². The molecule has 0 aliphatic carbocycles. The summed E-state index contributed by atoms with van der Waals surface area (Å²) in [7, 11) is 0. The molecule has 0 radical (unpaired) electrons. The molecular weight excluding hydrogens is 169 g/mol. The SMILES string of the molecule is CC(C)NC(=O)c1ccc(F)cc1.[HH]. The van der Waals surface area contributed by atoms with Crippen LogP contribution in [0.2, 0.25) is 0 Å². The zero-order valence-corrected chi connectivity index (χ0v) is 7.67. The Morgan fingerprint density at radius 1 is 1.38 bits per heavy atom. The molecule has 13 heavy (non-hydrogen) atoms. The highest BCUT2D eigenvalue weighted by Gasteiger charge is 2.05. The number of halogens is 1. The Bertz CT molecular complexity index is 297. The average molecular weight is 183 g/mol. The van der Waals surface area contributed by atoms with Gasteiger partial charge in [0.15, 0.2) is 0 Å². The van der Waals surface area contributed by atoms with Crippen molar-refractivity contribution >= 4 is 5.91 Å². The van der Waals surface area contributed by atoms with Crippen molar-refractivity contribution in [3.05, 3.63) is 35.6 Å². The summed E-state index contributed by atoms with van der Waals surface area (Å²) in [5, 5.41) is 2.72. The molecule has 0 atom stereocenters. The van der Waals surface area contributed by atoms with Gasteiger partial charge in [-0.2, -0.15) is 0 Å². The van der Waals surface area contributed by atoms with Crippen molar-refractivity contribution in [2.75, 3.05) is 0 Å². The second kappa shape index (κ2) is 4.03. The molecule has 0 unspecified atom stereocenters. The summed E-state index contributed by atoms with van der Waals surface area (Å²) in [5.41, 5.74) is 0.482. The van der Waals surface area contributed by atoms with Crippen LogP contribution in [0.4, 0.5) is 4.39 Å². The smallest absolute Gasteiger partial charge is 0.251 e.